The van der Waals surface area contributed by atoms with Crippen molar-refractivity contribution in [1.29, 1.82) is 0 Å². The van der Waals surface area contributed by atoms with Crippen molar-refractivity contribution in [2.75, 3.05) is 25.4 Å². The van der Waals surface area contributed by atoms with E-state index in [0.717, 1.165) is 12.8 Å². The molecule has 7 heteroatoms. The molecule has 1 unspecified atom stereocenters. The Bertz CT molecular complexity index is 447. The minimum atomic E-state index is -3.34. The molecule has 0 aromatic rings. The van der Waals surface area contributed by atoms with Gasteiger partial charge >= 0.3 is 5.97 Å². The summed E-state index contributed by atoms with van der Waals surface area (Å²) in [6, 6.07) is 0. The van der Waals surface area contributed by atoms with Crippen LogP contribution in [0.25, 0.3) is 0 Å². The van der Waals surface area contributed by atoms with Gasteiger partial charge in [0, 0.05) is 19.7 Å². The lowest BCUT2D eigenvalue weighted by atomic mass is 9.77. The van der Waals surface area contributed by atoms with Crippen LogP contribution >= 0.6 is 0 Å². The van der Waals surface area contributed by atoms with Gasteiger partial charge in [0.25, 0.3) is 0 Å². The van der Waals surface area contributed by atoms with E-state index in [0.29, 0.717) is 39.0 Å². The highest BCUT2D eigenvalue weighted by atomic mass is 32.2. The van der Waals surface area contributed by atoms with Crippen LogP contribution in [-0.4, -0.2) is 55.4 Å². The number of piperidine rings is 1. The molecule has 2 aliphatic rings. The Kier molecular flexibility index (Phi) is 4.71. The Morgan fingerprint density at radius 2 is 2.05 bits per heavy atom. The highest BCUT2D eigenvalue weighted by molar-refractivity contribution is 7.89. The van der Waals surface area contributed by atoms with Gasteiger partial charge in [-0.05, 0) is 32.1 Å². The summed E-state index contributed by atoms with van der Waals surface area (Å²) in [7, 11) is -3.34. The standard InChI is InChI=1S/C13H23NO5S/c1-2-13(12(15)16)5-7-14(8-6-13)20(17,18)10-11-4-3-9-19-11/h11H,2-10H2,1H3,(H,15,16). The third-order valence-electron chi connectivity index (χ3n) is 4.62. The van der Waals surface area contributed by atoms with Crippen molar-refractivity contribution in [3.05, 3.63) is 0 Å². The fraction of sp³-hybridized carbons (Fsp3) is 0.923. The van der Waals surface area contributed by atoms with Gasteiger partial charge in [0.2, 0.25) is 10.0 Å². The third-order valence-corrected chi connectivity index (χ3v) is 6.57. The van der Waals surface area contributed by atoms with Crippen LogP contribution in [0.2, 0.25) is 0 Å². The van der Waals surface area contributed by atoms with E-state index in [2.05, 4.69) is 0 Å². The molecule has 2 rings (SSSR count). The number of carbonyl (C=O) groups is 1. The number of carboxylic acid groups (broad SMARTS) is 1. The summed E-state index contributed by atoms with van der Waals surface area (Å²) >= 11 is 0. The first-order chi connectivity index (χ1) is 9.39. The van der Waals surface area contributed by atoms with Crippen LogP contribution in [0, 0.1) is 5.41 Å². The number of hydrogen-bond donors (Lipinski definition) is 1. The van der Waals surface area contributed by atoms with Crippen molar-refractivity contribution in [2.24, 2.45) is 5.41 Å². The Morgan fingerprint density at radius 3 is 2.50 bits per heavy atom. The number of rotatable bonds is 5. The minimum Gasteiger partial charge on any atom is -0.481 e. The molecule has 6 nitrogen and oxygen atoms in total. The maximum Gasteiger partial charge on any atom is 0.309 e. The van der Waals surface area contributed by atoms with E-state index < -0.39 is 21.4 Å². The van der Waals surface area contributed by atoms with E-state index in [1.54, 1.807) is 0 Å². The second-order valence-electron chi connectivity index (χ2n) is 5.75. The van der Waals surface area contributed by atoms with Crippen LogP contribution in [0.4, 0.5) is 0 Å². The summed E-state index contributed by atoms with van der Waals surface area (Å²) in [6.07, 6.45) is 2.84. The number of nitrogens with zero attached hydrogens (tertiary/aromatic N) is 1. The highest BCUT2D eigenvalue weighted by Crippen LogP contribution is 2.36. The lowest BCUT2D eigenvalue weighted by Gasteiger charge is -2.37. The second kappa shape index (κ2) is 5.99. The van der Waals surface area contributed by atoms with Gasteiger partial charge in [-0.25, -0.2) is 12.7 Å². The van der Waals surface area contributed by atoms with E-state index >= 15 is 0 Å². The minimum absolute atomic E-state index is 0.0270. The highest BCUT2D eigenvalue weighted by Gasteiger charge is 2.42. The topological polar surface area (TPSA) is 83.9 Å². The van der Waals surface area contributed by atoms with Crippen LogP contribution < -0.4 is 0 Å². The van der Waals surface area contributed by atoms with E-state index in [4.69, 9.17) is 4.74 Å². The molecular formula is C13H23NO5S. The fourth-order valence-electron chi connectivity index (χ4n) is 3.03. The smallest absolute Gasteiger partial charge is 0.309 e. The van der Waals surface area contributed by atoms with Crippen molar-refractivity contribution in [3.8, 4) is 0 Å². The van der Waals surface area contributed by atoms with Crippen LogP contribution in [0.1, 0.15) is 39.0 Å². The van der Waals surface area contributed by atoms with E-state index in [9.17, 15) is 18.3 Å². The Morgan fingerprint density at radius 1 is 1.40 bits per heavy atom. The van der Waals surface area contributed by atoms with Crippen molar-refractivity contribution in [3.63, 3.8) is 0 Å². The van der Waals surface area contributed by atoms with Gasteiger partial charge in [0.15, 0.2) is 0 Å². The Labute approximate surface area is 120 Å². The van der Waals surface area contributed by atoms with Crippen LogP contribution in [-0.2, 0) is 19.6 Å². The predicted molar refractivity (Wildman–Crippen MR) is 73.9 cm³/mol. The van der Waals surface area contributed by atoms with Gasteiger partial charge in [0.1, 0.15) is 0 Å². The summed E-state index contributed by atoms with van der Waals surface area (Å²) in [5, 5.41) is 9.32. The molecule has 116 valence electrons. The van der Waals surface area contributed by atoms with Gasteiger partial charge in [-0.1, -0.05) is 6.92 Å². The van der Waals surface area contributed by atoms with Gasteiger partial charge in [-0.15, -0.1) is 0 Å². The summed E-state index contributed by atoms with van der Waals surface area (Å²) in [6.45, 7) is 3.09. The first-order valence-electron chi connectivity index (χ1n) is 7.22. The number of aliphatic carboxylic acids is 1. The lowest BCUT2D eigenvalue weighted by Crippen LogP contribution is -2.47. The van der Waals surface area contributed by atoms with Crippen LogP contribution in [0.15, 0.2) is 0 Å². The van der Waals surface area contributed by atoms with Crippen molar-refractivity contribution in [2.45, 2.75) is 45.1 Å². The summed E-state index contributed by atoms with van der Waals surface area (Å²) in [5.41, 5.74) is -0.754. The van der Waals surface area contributed by atoms with Gasteiger partial charge < -0.3 is 9.84 Å². The lowest BCUT2D eigenvalue weighted by molar-refractivity contribution is -0.151. The first kappa shape index (κ1) is 15.7. The number of hydrogen-bond acceptors (Lipinski definition) is 4. The molecule has 1 N–H and O–H groups in total. The fourth-order valence-corrected chi connectivity index (χ4v) is 4.71. The zero-order valence-electron chi connectivity index (χ0n) is 11.9. The monoisotopic (exact) mass is 305 g/mol. The maximum absolute atomic E-state index is 12.3. The SMILES string of the molecule is CCC1(C(=O)O)CCN(S(=O)(=O)CC2CCCO2)CC1. The quantitative estimate of drug-likeness (QED) is 0.821. The van der Waals surface area contributed by atoms with Crippen molar-refractivity contribution >= 4 is 16.0 Å². The number of sulfonamides is 1. The maximum atomic E-state index is 12.3. The summed E-state index contributed by atoms with van der Waals surface area (Å²) in [4.78, 5) is 11.4. The number of ether oxygens (including phenoxy) is 1. The van der Waals surface area contributed by atoms with Crippen LogP contribution in [0.5, 0.6) is 0 Å². The Hall–Kier alpha value is -0.660. The average Bonchev–Trinajstić information content (AvgIpc) is 2.90. The van der Waals surface area contributed by atoms with Crippen LogP contribution in [0.3, 0.4) is 0 Å². The molecule has 20 heavy (non-hydrogen) atoms. The summed E-state index contributed by atoms with van der Waals surface area (Å²) < 4.78 is 31.4. The molecule has 0 amide bonds. The molecule has 0 aromatic carbocycles. The van der Waals surface area contributed by atoms with Gasteiger partial charge in [0.05, 0.1) is 17.3 Å². The molecule has 2 saturated heterocycles. The molecule has 0 aromatic heterocycles. The summed E-state index contributed by atoms with van der Waals surface area (Å²) in [5.74, 6) is -0.782. The molecule has 0 radical (unpaired) electrons. The molecule has 2 aliphatic heterocycles. The average molecular weight is 305 g/mol. The molecular weight excluding hydrogens is 282 g/mol. The molecule has 0 spiro atoms. The van der Waals surface area contributed by atoms with E-state index in [1.165, 1.54) is 4.31 Å². The molecule has 0 saturated carbocycles. The second-order valence-corrected chi connectivity index (χ2v) is 7.77. The molecule has 0 bridgehead atoms. The largest absolute Gasteiger partial charge is 0.481 e. The van der Waals surface area contributed by atoms with Crippen molar-refractivity contribution in [1.82, 2.24) is 4.31 Å². The van der Waals surface area contributed by atoms with Crippen molar-refractivity contribution < 1.29 is 23.1 Å². The third kappa shape index (κ3) is 3.15. The number of carboxylic acids is 1. The predicted octanol–water partition coefficient (Wildman–Crippen LogP) is 1.07. The Balaban J connectivity index is 1.97. The normalized spacial score (nSPS) is 27.6. The zero-order chi connectivity index (χ0) is 14.8. The molecule has 2 fully saturated rings. The van der Waals surface area contributed by atoms with Gasteiger partial charge in [-0.3, -0.25) is 4.79 Å². The van der Waals surface area contributed by atoms with E-state index in [-0.39, 0.29) is 11.9 Å². The zero-order valence-corrected chi connectivity index (χ0v) is 12.7. The molecule has 0 aliphatic carbocycles. The van der Waals surface area contributed by atoms with E-state index in [1.807, 2.05) is 6.92 Å². The first-order valence-corrected chi connectivity index (χ1v) is 8.83. The molecule has 2 heterocycles. The molecule has 1 atom stereocenters. The van der Waals surface area contributed by atoms with Gasteiger partial charge in [-0.2, -0.15) is 0 Å².